The highest BCUT2D eigenvalue weighted by atomic mass is 79.9. The summed E-state index contributed by atoms with van der Waals surface area (Å²) in [5, 5.41) is 7.33. The van der Waals surface area contributed by atoms with Crippen molar-refractivity contribution in [1.29, 1.82) is 0 Å². The van der Waals surface area contributed by atoms with Gasteiger partial charge in [-0.1, -0.05) is 41.4 Å². The van der Waals surface area contributed by atoms with Crippen LogP contribution in [-0.4, -0.2) is 12.5 Å². The Kier molecular flexibility index (Phi) is 8.06. The largest absolute Gasteiger partial charge is 0.481 e. The summed E-state index contributed by atoms with van der Waals surface area (Å²) in [7, 11) is 0. The van der Waals surface area contributed by atoms with Gasteiger partial charge in [-0.2, -0.15) is 0 Å². The third-order valence-electron chi connectivity index (χ3n) is 4.22. The van der Waals surface area contributed by atoms with Crippen LogP contribution in [0.2, 0.25) is 10.0 Å². The van der Waals surface area contributed by atoms with Crippen molar-refractivity contribution in [2.24, 2.45) is 0 Å². The van der Waals surface area contributed by atoms with E-state index >= 15 is 0 Å². The predicted molar refractivity (Wildman–Crippen MR) is 131 cm³/mol. The first-order valence-corrected chi connectivity index (χ1v) is 11.3. The molecule has 0 bridgehead atoms. The molecule has 8 heteroatoms. The minimum atomic E-state index is -0.279. The molecule has 0 fully saturated rings. The molecule has 0 aliphatic rings. The van der Waals surface area contributed by atoms with Crippen LogP contribution in [-0.2, 0) is 11.3 Å². The number of carbonyl (C=O) groups excluding carboxylic acids is 1. The Balaban J connectivity index is 1.60. The Labute approximate surface area is 202 Å². The molecule has 4 nitrogen and oxygen atoms in total. The molecule has 3 rings (SSSR count). The van der Waals surface area contributed by atoms with E-state index in [2.05, 4.69) is 42.5 Å². The Morgan fingerprint density at radius 1 is 1.00 bits per heavy atom. The second kappa shape index (κ2) is 10.5. The number of halogens is 4. The maximum absolute atomic E-state index is 12.2. The highest BCUT2D eigenvalue weighted by Gasteiger charge is 2.12. The van der Waals surface area contributed by atoms with Crippen LogP contribution < -0.4 is 15.4 Å². The molecule has 1 amide bonds. The minimum absolute atomic E-state index is 0.139. The fourth-order valence-electron chi connectivity index (χ4n) is 2.66. The number of benzene rings is 3. The second-order valence-electron chi connectivity index (χ2n) is 6.52. The average Bonchev–Trinajstić information content (AvgIpc) is 2.69. The highest BCUT2D eigenvalue weighted by molar-refractivity contribution is 9.11. The zero-order valence-corrected chi connectivity index (χ0v) is 20.6. The van der Waals surface area contributed by atoms with Crippen molar-refractivity contribution < 1.29 is 9.53 Å². The number of hydrogen-bond acceptors (Lipinski definition) is 3. The topological polar surface area (TPSA) is 50.4 Å². The van der Waals surface area contributed by atoms with Crippen molar-refractivity contribution in [3.8, 4) is 5.75 Å². The van der Waals surface area contributed by atoms with Crippen LogP contribution in [0.1, 0.15) is 11.1 Å². The molecular formula is C22H18Br2Cl2N2O2. The fourth-order valence-corrected chi connectivity index (χ4v) is 4.55. The molecule has 0 aromatic heterocycles. The standard InChI is InChI=1S/C22H18Br2Cl2N2O2/c1-13-6-7-15(10-19(13)26)28-21(29)12-30-22-16(23)8-14(9-17(22)24)11-27-20-5-3-2-4-18(20)25/h2-10,27H,11-12H2,1H3,(H,28,29). The molecule has 0 aliphatic carbocycles. The van der Waals surface area contributed by atoms with Crippen LogP contribution >= 0.6 is 55.1 Å². The SMILES string of the molecule is Cc1ccc(NC(=O)COc2c(Br)cc(CNc3ccccc3Cl)cc2Br)cc1Cl. The Morgan fingerprint density at radius 2 is 1.70 bits per heavy atom. The summed E-state index contributed by atoms with van der Waals surface area (Å²) in [6.45, 7) is 2.34. The molecular weight excluding hydrogens is 555 g/mol. The fraction of sp³-hybridized carbons (Fsp3) is 0.136. The van der Waals surface area contributed by atoms with Gasteiger partial charge in [0, 0.05) is 17.3 Å². The molecule has 156 valence electrons. The van der Waals surface area contributed by atoms with Crippen molar-refractivity contribution in [3.63, 3.8) is 0 Å². The summed E-state index contributed by atoms with van der Waals surface area (Å²) >= 11 is 19.3. The van der Waals surface area contributed by atoms with Crippen LogP contribution in [0.25, 0.3) is 0 Å². The number of anilines is 2. The van der Waals surface area contributed by atoms with E-state index in [1.165, 1.54) is 0 Å². The van der Waals surface area contributed by atoms with Crippen molar-refractivity contribution in [2.75, 3.05) is 17.2 Å². The van der Waals surface area contributed by atoms with Gasteiger partial charge in [0.1, 0.15) is 5.75 Å². The molecule has 30 heavy (non-hydrogen) atoms. The van der Waals surface area contributed by atoms with Crippen molar-refractivity contribution in [3.05, 3.63) is 84.7 Å². The molecule has 0 saturated carbocycles. The first-order valence-electron chi connectivity index (χ1n) is 8.98. The van der Waals surface area contributed by atoms with Gasteiger partial charge in [-0.25, -0.2) is 0 Å². The Morgan fingerprint density at radius 3 is 2.37 bits per heavy atom. The predicted octanol–water partition coefficient (Wildman–Crippen LogP) is 7.46. The van der Waals surface area contributed by atoms with Gasteiger partial charge in [-0.05, 0) is 86.3 Å². The molecule has 0 spiro atoms. The summed E-state index contributed by atoms with van der Waals surface area (Å²) in [5.74, 6) is 0.270. The highest BCUT2D eigenvalue weighted by Crippen LogP contribution is 2.35. The number of aryl methyl sites for hydroxylation is 1. The summed E-state index contributed by atoms with van der Waals surface area (Å²) in [5.41, 5.74) is 3.45. The Bertz CT molecular complexity index is 1050. The number of nitrogens with one attached hydrogen (secondary N) is 2. The monoisotopic (exact) mass is 570 g/mol. The molecule has 0 saturated heterocycles. The van der Waals surface area contributed by atoms with E-state index in [9.17, 15) is 4.79 Å². The van der Waals surface area contributed by atoms with Gasteiger partial charge in [0.15, 0.2) is 6.61 Å². The molecule has 0 unspecified atom stereocenters. The van der Waals surface area contributed by atoms with Gasteiger partial charge >= 0.3 is 0 Å². The number of rotatable bonds is 7. The lowest BCUT2D eigenvalue weighted by Crippen LogP contribution is -2.20. The maximum Gasteiger partial charge on any atom is 0.262 e. The number of ether oxygens (including phenoxy) is 1. The first-order chi connectivity index (χ1) is 14.3. The molecule has 3 aromatic rings. The van der Waals surface area contributed by atoms with Crippen LogP contribution in [0.15, 0.2) is 63.5 Å². The van der Waals surface area contributed by atoms with E-state index in [0.29, 0.717) is 28.0 Å². The van der Waals surface area contributed by atoms with Crippen LogP contribution in [0, 0.1) is 6.92 Å². The van der Waals surface area contributed by atoms with E-state index in [0.717, 1.165) is 25.8 Å². The van der Waals surface area contributed by atoms with E-state index in [1.807, 2.05) is 49.4 Å². The zero-order chi connectivity index (χ0) is 21.7. The lowest BCUT2D eigenvalue weighted by molar-refractivity contribution is -0.118. The van der Waals surface area contributed by atoms with Crippen molar-refractivity contribution in [2.45, 2.75) is 13.5 Å². The first kappa shape index (κ1) is 22.9. The summed E-state index contributed by atoms with van der Waals surface area (Å²) in [6, 6.07) is 16.8. The third kappa shape index (κ3) is 6.14. The van der Waals surface area contributed by atoms with Crippen LogP contribution in [0.5, 0.6) is 5.75 Å². The van der Waals surface area contributed by atoms with Crippen molar-refractivity contribution >= 4 is 72.3 Å². The van der Waals surface area contributed by atoms with E-state index in [-0.39, 0.29) is 12.5 Å². The molecule has 0 radical (unpaired) electrons. The average molecular weight is 573 g/mol. The lowest BCUT2D eigenvalue weighted by atomic mass is 10.2. The van der Waals surface area contributed by atoms with Crippen LogP contribution in [0.4, 0.5) is 11.4 Å². The van der Waals surface area contributed by atoms with Crippen LogP contribution in [0.3, 0.4) is 0 Å². The zero-order valence-electron chi connectivity index (χ0n) is 15.9. The van der Waals surface area contributed by atoms with Crippen molar-refractivity contribution in [1.82, 2.24) is 0 Å². The van der Waals surface area contributed by atoms with Gasteiger partial charge in [0.25, 0.3) is 5.91 Å². The van der Waals surface area contributed by atoms with Gasteiger partial charge in [0.05, 0.1) is 19.7 Å². The quantitative estimate of drug-likeness (QED) is 0.309. The molecule has 3 aromatic carbocycles. The van der Waals surface area contributed by atoms with Gasteiger partial charge in [0.2, 0.25) is 0 Å². The number of carbonyl (C=O) groups is 1. The van der Waals surface area contributed by atoms with E-state index in [1.54, 1.807) is 12.1 Å². The van der Waals surface area contributed by atoms with Gasteiger partial charge in [-0.3, -0.25) is 4.79 Å². The van der Waals surface area contributed by atoms with E-state index in [4.69, 9.17) is 27.9 Å². The summed E-state index contributed by atoms with van der Waals surface area (Å²) < 4.78 is 7.18. The molecule has 0 heterocycles. The number of amides is 1. The van der Waals surface area contributed by atoms with Gasteiger partial charge < -0.3 is 15.4 Å². The summed E-state index contributed by atoms with van der Waals surface area (Å²) in [4.78, 5) is 12.2. The molecule has 0 atom stereocenters. The van der Waals surface area contributed by atoms with E-state index < -0.39 is 0 Å². The smallest absolute Gasteiger partial charge is 0.262 e. The summed E-state index contributed by atoms with van der Waals surface area (Å²) in [6.07, 6.45) is 0. The molecule has 2 N–H and O–H groups in total. The normalized spacial score (nSPS) is 10.6. The third-order valence-corrected chi connectivity index (χ3v) is 6.13. The Hall–Kier alpha value is -1.73. The molecule has 0 aliphatic heterocycles. The lowest BCUT2D eigenvalue weighted by Gasteiger charge is -2.14. The number of para-hydroxylation sites is 1. The minimum Gasteiger partial charge on any atom is -0.481 e. The second-order valence-corrected chi connectivity index (χ2v) is 9.05. The number of hydrogen-bond donors (Lipinski definition) is 2. The van der Waals surface area contributed by atoms with Gasteiger partial charge in [-0.15, -0.1) is 0 Å². The maximum atomic E-state index is 12.2.